The van der Waals surface area contributed by atoms with E-state index in [4.69, 9.17) is 9.84 Å². The second-order valence-corrected chi connectivity index (χ2v) is 7.32. The molecule has 2 N–H and O–H groups in total. The second kappa shape index (κ2) is 7.47. The van der Waals surface area contributed by atoms with Crippen LogP contribution >= 0.6 is 11.8 Å². The Morgan fingerprint density at radius 3 is 2.48 bits per heavy atom. The van der Waals surface area contributed by atoms with Gasteiger partial charge in [0.25, 0.3) is 0 Å². The molecule has 0 aliphatic rings. The summed E-state index contributed by atoms with van der Waals surface area (Å²) in [5.74, 6) is 1.51. The summed E-state index contributed by atoms with van der Waals surface area (Å²) in [6, 6.07) is 1.96. The molecule has 0 saturated heterocycles. The molecule has 0 aliphatic heterocycles. The lowest BCUT2D eigenvalue weighted by molar-refractivity contribution is -0.0210. The predicted octanol–water partition coefficient (Wildman–Crippen LogP) is 2.90. The molecule has 0 radical (unpaired) electrons. The number of aliphatic hydroxyl groups excluding tert-OH is 1. The van der Waals surface area contributed by atoms with Gasteiger partial charge in [0.1, 0.15) is 12.4 Å². The Labute approximate surface area is 131 Å². The quantitative estimate of drug-likeness (QED) is 0.723. The van der Waals surface area contributed by atoms with Crippen molar-refractivity contribution in [2.24, 2.45) is 5.41 Å². The van der Waals surface area contributed by atoms with E-state index in [-0.39, 0.29) is 18.6 Å². The summed E-state index contributed by atoms with van der Waals surface area (Å²) in [6.45, 7) is 10.1. The molecular formula is C16H27NO3S. The van der Waals surface area contributed by atoms with Crippen LogP contribution in [0.4, 0.5) is 0 Å². The van der Waals surface area contributed by atoms with Gasteiger partial charge in [0.2, 0.25) is 0 Å². The van der Waals surface area contributed by atoms with Crippen molar-refractivity contribution >= 4 is 11.8 Å². The molecule has 0 fully saturated rings. The van der Waals surface area contributed by atoms with Crippen LogP contribution in [0, 0.1) is 5.41 Å². The third-order valence-electron chi connectivity index (χ3n) is 3.85. The fourth-order valence-electron chi connectivity index (χ4n) is 1.52. The van der Waals surface area contributed by atoms with Gasteiger partial charge in [-0.15, -0.1) is 11.8 Å². The second-order valence-electron chi connectivity index (χ2n) is 6.27. The molecule has 1 aromatic heterocycles. The van der Waals surface area contributed by atoms with Crippen molar-refractivity contribution in [1.82, 2.24) is 4.98 Å². The van der Waals surface area contributed by atoms with Crippen LogP contribution < -0.4 is 4.74 Å². The lowest BCUT2D eigenvalue weighted by atomic mass is 9.79. The lowest BCUT2D eigenvalue weighted by Gasteiger charge is -2.37. The van der Waals surface area contributed by atoms with Gasteiger partial charge in [0, 0.05) is 22.3 Å². The minimum Gasteiger partial charge on any atom is -0.489 e. The molecule has 0 aliphatic carbocycles. The van der Waals surface area contributed by atoms with E-state index in [1.807, 2.05) is 33.0 Å². The van der Waals surface area contributed by atoms with Crippen molar-refractivity contribution in [2.75, 3.05) is 19.0 Å². The van der Waals surface area contributed by atoms with Gasteiger partial charge in [0.15, 0.2) is 0 Å². The molecule has 0 atom stereocenters. The molecule has 0 saturated carbocycles. The Morgan fingerprint density at radius 2 is 1.95 bits per heavy atom. The zero-order chi connectivity index (χ0) is 16.1. The van der Waals surface area contributed by atoms with Crippen LogP contribution in [-0.2, 0) is 6.42 Å². The van der Waals surface area contributed by atoms with Crippen molar-refractivity contribution in [1.29, 1.82) is 0 Å². The average Bonchev–Trinajstić information content (AvgIpc) is 2.41. The third kappa shape index (κ3) is 5.16. The Morgan fingerprint density at radius 1 is 1.29 bits per heavy atom. The van der Waals surface area contributed by atoms with Gasteiger partial charge in [-0.3, -0.25) is 4.98 Å². The Kier molecular flexibility index (Phi) is 6.50. The first-order valence-electron chi connectivity index (χ1n) is 7.29. The molecular weight excluding hydrogens is 286 g/mol. The van der Waals surface area contributed by atoms with Crippen LogP contribution in [0.3, 0.4) is 0 Å². The minimum absolute atomic E-state index is 0.00768. The number of nitrogens with zero attached hydrogens (tertiary/aromatic N) is 1. The topological polar surface area (TPSA) is 62.6 Å². The predicted molar refractivity (Wildman–Crippen MR) is 87.0 cm³/mol. The SMILES string of the molecule is CCc1ncc(SCC(C)(C)C(C)(C)O)cc1OCCO. The van der Waals surface area contributed by atoms with Crippen LogP contribution in [0.15, 0.2) is 17.2 Å². The summed E-state index contributed by atoms with van der Waals surface area (Å²) < 4.78 is 5.54. The van der Waals surface area contributed by atoms with Crippen LogP contribution in [0.5, 0.6) is 5.75 Å². The molecule has 5 heteroatoms. The highest BCUT2D eigenvalue weighted by Crippen LogP contribution is 2.37. The molecule has 0 amide bonds. The summed E-state index contributed by atoms with van der Waals surface area (Å²) in [5, 5.41) is 19.1. The maximum Gasteiger partial charge on any atom is 0.142 e. The first-order chi connectivity index (χ1) is 9.71. The highest BCUT2D eigenvalue weighted by atomic mass is 32.2. The zero-order valence-corrected chi connectivity index (χ0v) is 14.5. The normalized spacial score (nSPS) is 12.5. The minimum atomic E-state index is -0.743. The van der Waals surface area contributed by atoms with E-state index in [1.54, 1.807) is 11.8 Å². The van der Waals surface area contributed by atoms with Crippen molar-refractivity contribution in [3.63, 3.8) is 0 Å². The van der Waals surface area contributed by atoms with Gasteiger partial charge in [-0.1, -0.05) is 20.8 Å². The third-order valence-corrected chi connectivity index (χ3v) is 5.27. The van der Waals surface area contributed by atoms with E-state index in [0.717, 1.165) is 28.5 Å². The zero-order valence-electron chi connectivity index (χ0n) is 13.6. The average molecular weight is 313 g/mol. The number of hydrogen-bond acceptors (Lipinski definition) is 5. The molecule has 0 unspecified atom stereocenters. The molecule has 1 aromatic rings. The highest BCUT2D eigenvalue weighted by molar-refractivity contribution is 7.99. The molecule has 1 rings (SSSR count). The number of ether oxygens (including phenoxy) is 1. The summed E-state index contributed by atoms with van der Waals surface area (Å²) in [6.07, 6.45) is 2.64. The van der Waals surface area contributed by atoms with E-state index in [0.29, 0.717) is 0 Å². The Hall–Kier alpha value is -0.780. The van der Waals surface area contributed by atoms with Crippen molar-refractivity contribution < 1.29 is 14.9 Å². The number of aryl methyl sites for hydroxylation is 1. The van der Waals surface area contributed by atoms with E-state index in [1.165, 1.54) is 0 Å². The molecule has 4 nitrogen and oxygen atoms in total. The summed E-state index contributed by atoms with van der Waals surface area (Å²) in [4.78, 5) is 5.43. The maximum absolute atomic E-state index is 10.2. The molecule has 0 aromatic carbocycles. The number of hydrogen-bond donors (Lipinski definition) is 2. The smallest absolute Gasteiger partial charge is 0.142 e. The first-order valence-corrected chi connectivity index (χ1v) is 8.27. The maximum atomic E-state index is 10.2. The number of thioether (sulfide) groups is 1. The molecule has 1 heterocycles. The Bertz CT molecular complexity index is 455. The number of aliphatic hydroxyl groups is 2. The molecule has 21 heavy (non-hydrogen) atoms. The van der Waals surface area contributed by atoms with Gasteiger partial charge in [-0.2, -0.15) is 0 Å². The van der Waals surface area contributed by atoms with E-state index < -0.39 is 5.60 Å². The number of rotatable bonds is 8. The lowest BCUT2D eigenvalue weighted by Crippen LogP contribution is -2.40. The van der Waals surface area contributed by atoms with Gasteiger partial charge in [0.05, 0.1) is 17.9 Å². The van der Waals surface area contributed by atoms with Crippen molar-refractivity contribution in [3.05, 3.63) is 18.0 Å². The van der Waals surface area contributed by atoms with Crippen LogP contribution in [0.1, 0.15) is 40.3 Å². The van der Waals surface area contributed by atoms with Gasteiger partial charge in [-0.05, 0) is 26.3 Å². The van der Waals surface area contributed by atoms with E-state index in [9.17, 15) is 5.11 Å². The molecule has 120 valence electrons. The highest BCUT2D eigenvalue weighted by Gasteiger charge is 2.34. The number of aromatic nitrogens is 1. The summed E-state index contributed by atoms with van der Waals surface area (Å²) in [5.41, 5.74) is -0.0604. The van der Waals surface area contributed by atoms with Crippen LogP contribution in [0.2, 0.25) is 0 Å². The largest absolute Gasteiger partial charge is 0.489 e. The van der Waals surface area contributed by atoms with Crippen molar-refractivity contribution in [2.45, 2.75) is 51.5 Å². The van der Waals surface area contributed by atoms with Gasteiger partial charge in [-0.25, -0.2) is 0 Å². The van der Waals surface area contributed by atoms with Crippen LogP contribution in [-0.4, -0.2) is 39.8 Å². The summed E-state index contributed by atoms with van der Waals surface area (Å²) in [7, 11) is 0. The number of pyridine rings is 1. The molecule has 0 spiro atoms. The standard InChI is InChI=1S/C16H27NO3S/c1-6-13-14(20-8-7-18)9-12(10-17-13)21-11-15(2,3)16(4,5)19/h9-10,18-19H,6-8,11H2,1-5H3. The van der Waals surface area contributed by atoms with Gasteiger partial charge < -0.3 is 14.9 Å². The van der Waals surface area contributed by atoms with E-state index in [2.05, 4.69) is 18.8 Å². The fourth-order valence-corrected chi connectivity index (χ4v) is 2.72. The monoisotopic (exact) mass is 313 g/mol. The van der Waals surface area contributed by atoms with E-state index >= 15 is 0 Å². The van der Waals surface area contributed by atoms with Crippen LogP contribution in [0.25, 0.3) is 0 Å². The Balaban J connectivity index is 2.80. The fraction of sp³-hybridized carbons (Fsp3) is 0.688. The first kappa shape index (κ1) is 18.3. The summed E-state index contributed by atoms with van der Waals surface area (Å²) >= 11 is 1.66. The molecule has 0 bridgehead atoms. The van der Waals surface area contributed by atoms with Gasteiger partial charge >= 0.3 is 0 Å². The van der Waals surface area contributed by atoms with Crippen molar-refractivity contribution in [3.8, 4) is 5.75 Å².